The van der Waals surface area contributed by atoms with Crippen molar-refractivity contribution in [3.8, 4) is 0 Å². The lowest BCUT2D eigenvalue weighted by Gasteiger charge is -1.96. The van der Waals surface area contributed by atoms with Crippen LogP contribution in [0.25, 0.3) is 0 Å². The van der Waals surface area contributed by atoms with E-state index in [1.54, 1.807) is 3.01 Å². The van der Waals surface area contributed by atoms with Gasteiger partial charge in [-0.1, -0.05) is 13.8 Å². The second-order valence-corrected chi connectivity index (χ2v) is 3.43. The maximum Gasteiger partial charge on any atom is 0.111 e. The Hall–Kier alpha value is -0.130. The van der Waals surface area contributed by atoms with Crippen molar-refractivity contribution in [2.24, 2.45) is 0 Å². The van der Waals surface area contributed by atoms with E-state index in [-0.39, 0.29) is 0 Å². The summed E-state index contributed by atoms with van der Waals surface area (Å²) in [6.07, 6.45) is 0. The quantitative estimate of drug-likeness (QED) is 0.714. The average molecular weight is 251 g/mol. The Morgan fingerprint density at radius 2 is 2.00 bits per heavy atom. The number of aromatic nitrogens is 3. The van der Waals surface area contributed by atoms with Gasteiger partial charge in [0.15, 0.2) is 0 Å². The van der Waals surface area contributed by atoms with Crippen molar-refractivity contribution in [2.75, 3.05) is 0 Å². The Labute approximate surface area is 74.3 Å². The van der Waals surface area contributed by atoms with Gasteiger partial charge < -0.3 is 0 Å². The average Bonchev–Trinajstić information content (AvgIpc) is 2.10. The molecule has 0 aliphatic carbocycles. The Balaban J connectivity index is 3.03. The molecule has 4 heteroatoms. The van der Waals surface area contributed by atoms with Crippen molar-refractivity contribution in [1.29, 1.82) is 0 Å². The van der Waals surface area contributed by atoms with Crippen LogP contribution < -0.4 is 0 Å². The highest BCUT2D eigenvalue weighted by molar-refractivity contribution is 14.1. The molecule has 0 aromatic carbocycles. The molecule has 0 radical (unpaired) electrons. The van der Waals surface area contributed by atoms with Crippen LogP contribution in [0, 0.1) is 6.92 Å². The first kappa shape index (κ1) is 7.97. The summed E-state index contributed by atoms with van der Waals surface area (Å²) < 4.78 is 1.59. The predicted octanol–water partition coefficient (Wildman–Crippen LogP) is 1.91. The normalized spacial score (nSPS) is 10.9. The van der Waals surface area contributed by atoms with Gasteiger partial charge >= 0.3 is 0 Å². The van der Waals surface area contributed by atoms with Gasteiger partial charge in [-0.15, -0.1) is 13.2 Å². The monoisotopic (exact) mass is 251 g/mol. The van der Waals surface area contributed by atoms with Gasteiger partial charge in [0.2, 0.25) is 0 Å². The van der Waals surface area contributed by atoms with Crippen molar-refractivity contribution in [1.82, 2.24) is 13.2 Å². The molecular formula is C6H10IN3. The van der Waals surface area contributed by atoms with E-state index in [2.05, 4.69) is 46.9 Å². The molecule has 0 unspecified atom stereocenters. The minimum absolute atomic E-state index is 0.475. The molecule has 1 heterocycles. The summed E-state index contributed by atoms with van der Waals surface area (Å²) in [5.74, 6) is 0.475. The highest BCUT2D eigenvalue weighted by Gasteiger charge is 2.08. The minimum atomic E-state index is 0.475. The van der Waals surface area contributed by atoms with E-state index in [0.29, 0.717) is 5.92 Å². The molecule has 56 valence electrons. The highest BCUT2D eigenvalue weighted by atomic mass is 127. The fourth-order valence-electron chi connectivity index (χ4n) is 0.892. The minimum Gasteiger partial charge on any atom is -0.149 e. The van der Waals surface area contributed by atoms with Crippen LogP contribution in [0.2, 0.25) is 0 Å². The van der Waals surface area contributed by atoms with E-state index >= 15 is 0 Å². The van der Waals surface area contributed by atoms with Gasteiger partial charge in [0.1, 0.15) is 22.9 Å². The molecule has 0 N–H and O–H groups in total. The van der Waals surface area contributed by atoms with Crippen LogP contribution in [0.5, 0.6) is 0 Å². The third-order valence-corrected chi connectivity index (χ3v) is 1.77. The van der Waals surface area contributed by atoms with E-state index in [1.165, 1.54) is 0 Å². The van der Waals surface area contributed by atoms with Crippen LogP contribution in [0.1, 0.15) is 31.2 Å². The second kappa shape index (κ2) is 2.86. The molecule has 0 atom stereocenters. The van der Waals surface area contributed by atoms with Gasteiger partial charge in [-0.2, -0.15) is 0 Å². The first-order valence-electron chi connectivity index (χ1n) is 3.21. The van der Waals surface area contributed by atoms with E-state index in [0.717, 1.165) is 11.4 Å². The van der Waals surface area contributed by atoms with Crippen molar-refractivity contribution in [3.63, 3.8) is 0 Å². The summed E-state index contributed by atoms with van der Waals surface area (Å²) in [6, 6.07) is 0. The van der Waals surface area contributed by atoms with Crippen molar-refractivity contribution in [3.05, 3.63) is 11.4 Å². The third-order valence-electron chi connectivity index (χ3n) is 1.34. The molecule has 0 bridgehead atoms. The molecule has 0 fully saturated rings. The van der Waals surface area contributed by atoms with Gasteiger partial charge in [0.25, 0.3) is 0 Å². The topological polar surface area (TPSA) is 30.7 Å². The molecule has 3 nitrogen and oxygen atoms in total. The van der Waals surface area contributed by atoms with Gasteiger partial charge in [0.05, 0.1) is 11.4 Å². The van der Waals surface area contributed by atoms with Gasteiger partial charge in [-0.05, 0) is 12.8 Å². The molecule has 0 saturated heterocycles. The standard InChI is InChI=1S/C6H10IN3/c1-4(2)6-5(3)8-10(7)9-6/h4H,1-3H3. The predicted molar refractivity (Wildman–Crippen MR) is 48.3 cm³/mol. The number of aryl methyl sites for hydroxylation is 1. The van der Waals surface area contributed by atoms with Crippen LogP contribution in [-0.4, -0.2) is 13.2 Å². The molecule has 1 aromatic heterocycles. The molecule has 1 rings (SSSR count). The van der Waals surface area contributed by atoms with Crippen LogP contribution in [0.4, 0.5) is 0 Å². The number of hydrogen-bond donors (Lipinski definition) is 0. The highest BCUT2D eigenvalue weighted by Crippen LogP contribution is 2.14. The fourth-order valence-corrected chi connectivity index (χ4v) is 1.45. The summed E-state index contributed by atoms with van der Waals surface area (Å²) in [5.41, 5.74) is 2.12. The summed E-state index contributed by atoms with van der Waals surface area (Å²) in [4.78, 5) is 0. The van der Waals surface area contributed by atoms with Crippen molar-refractivity contribution in [2.45, 2.75) is 26.7 Å². The van der Waals surface area contributed by atoms with Crippen molar-refractivity contribution < 1.29 is 0 Å². The summed E-state index contributed by atoms with van der Waals surface area (Å²) in [7, 11) is 0. The van der Waals surface area contributed by atoms with Gasteiger partial charge in [-0.25, -0.2) is 0 Å². The third kappa shape index (κ3) is 1.47. The molecule has 10 heavy (non-hydrogen) atoms. The summed E-state index contributed by atoms with van der Waals surface area (Å²) in [5, 5.41) is 8.33. The number of rotatable bonds is 1. The Morgan fingerprint density at radius 3 is 2.20 bits per heavy atom. The maximum atomic E-state index is 4.20. The first-order chi connectivity index (χ1) is 4.61. The summed E-state index contributed by atoms with van der Waals surface area (Å²) in [6.45, 7) is 6.22. The fraction of sp³-hybridized carbons (Fsp3) is 0.667. The van der Waals surface area contributed by atoms with Gasteiger partial charge in [-0.3, -0.25) is 0 Å². The number of halogens is 1. The SMILES string of the molecule is Cc1nn(I)nc1C(C)C. The largest absolute Gasteiger partial charge is 0.149 e. The lowest BCUT2D eigenvalue weighted by Crippen LogP contribution is -1.90. The molecule has 0 aliphatic rings. The maximum absolute atomic E-state index is 4.20. The number of hydrogen-bond acceptors (Lipinski definition) is 2. The van der Waals surface area contributed by atoms with Crippen LogP contribution in [-0.2, 0) is 0 Å². The van der Waals surface area contributed by atoms with E-state index in [1.807, 2.05) is 6.92 Å². The Bertz CT molecular complexity index is 229. The number of nitrogens with zero attached hydrogens (tertiary/aromatic N) is 3. The molecule has 1 aromatic rings. The molecule has 0 spiro atoms. The Morgan fingerprint density at radius 1 is 1.40 bits per heavy atom. The van der Waals surface area contributed by atoms with Gasteiger partial charge in [0, 0.05) is 0 Å². The zero-order valence-corrected chi connectivity index (χ0v) is 8.45. The molecular weight excluding hydrogens is 241 g/mol. The van der Waals surface area contributed by atoms with Crippen LogP contribution in [0.3, 0.4) is 0 Å². The molecule has 0 saturated carbocycles. The van der Waals surface area contributed by atoms with E-state index in [4.69, 9.17) is 0 Å². The lowest BCUT2D eigenvalue weighted by atomic mass is 10.1. The summed E-state index contributed by atoms with van der Waals surface area (Å²) >= 11 is 2.05. The second-order valence-electron chi connectivity index (χ2n) is 2.57. The van der Waals surface area contributed by atoms with Crippen molar-refractivity contribution >= 4 is 22.9 Å². The zero-order valence-electron chi connectivity index (χ0n) is 6.30. The van der Waals surface area contributed by atoms with Crippen LogP contribution in [0.15, 0.2) is 0 Å². The first-order valence-corrected chi connectivity index (χ1v) is 4.17. The van der Waals surface area contributed by atoms with E-state index < -0.39 is 0 Å². The molecule has 0 amide bonds. The molecule has 0 aliphatic heterocycles. The lowest BCUT2D eigenvalue weighted by molar-refractivity contribution is 0.794. The Kier molecular flexibility index (Phi) is 2.28. The van der Waals surface area contributed by atoms with E-state index in [9.17, 15) is 0 Å². The van der Waals surface area contributed by atoms with Crippen LogP contribution >= 0.6 is 22.9 Å². The smallest absolute Gasteiger partial charge is 0.111 e. The zero-order chi connectivity index (χ0) is 7.72.